The molecule has 1 atom stereocenters. The quantitative estimate of drug-likeness (QED) is 0.873. The van der Waals surface area contributed by atoms with Crippen LogP contribution < -0.4 is 5.32 Å². The Kier molecular flexibility index (Phi) is 4.40. The van der Waals surface area contributed by atoms with Crippen molar-refractivity contribution in [3.8, 4) is 0 Å². The number of nitrogens with one attached hydrogen (secondary N) is 1. The molecule has 4 heteroatoms. The van der Waals surface area contributed by atoms with Crippen LogP contribution in [0.1, 0.15) is 50.6 Å². The van der Waals surface area contributed by atoms with Gasteiger partial charge in [0.15, 0.2) is 0 Å². The Bertz CT molecular complexity index is 369. The Morgan fingerprint density at radius 1 is 1.44 bits per heavy atom. The molecule has 2 rings (SSSR count). The molecule has 1 heterocycles. The number of ether oxygens (including phenoxy) is 1. The third kappa shape index (κ3) is 2.59. The summed E-state index contributed by atoms with van der Waals surface area (Å²) in [6.45, 7) is 3.10. The number of nitrogens with zero attached hydrogens (tertiary/aromatic N) is 2. The lowest BCUT2D eigenvalue weighted by Gasteiger charge is -2.42. The molecule has 18 heavy (non-hydrogen) atoms. The van der Waals surface area contributed by atoms with Crippen LogP contribution in [0.5, 0.6) is 0 Å². The van der Waals surface area contributed by atoms with Crippen molar-refractivity contribution in [2.45, 2.75) is 50.7 Å². The minimum atomic E-state index is -0.0582. The Labute approximate surface area is 110 Å². The molecule has 0 aliphatic heterocycles. The van der Waals surface area contributed by atoms with Crippen molar-refractivity contribution < 1.29 is 4.74 Å². The average Bonchev–Trinajstić information content (AvgIpc) is 2.83. The minimum absolute atomic E-state index is 0.0582. The zero-order valence-electron chi connectivity index (χ0n) is 11.8. The fourth-order valence-electron chi connectivity index (χ4n) is 3.16. The lowest BCUT2D eigenvalue weighted by atomic mass is 9.77. The molecule has 4 nitrogen and oxygen atoms in total. The lowest BCUT2D eigenvalue weighted by molar-refractivity contribution is -0.0684. The van der Waals surface area contributed by atoms with Gasteiger partial charge in [-0.1, -0.05) is 26.2 Å². The van der Waals surface area contributed by atoms with Gasteiger partial charge < -0.3 is 10.1 Å². The van der Waals surface area contributed by atoms with Gasteiger partial charge in [-0.05, 0) is 19.4 Å². The van der Waals surface area contributed by atoms with Gasteiger partial charge in [0.1, 0.15) is 0 Å². The fraction of sp³-hybridized carbons (Fsp3) is 0.786. The van der Waals surface area contributed by atoms with Gasteiger partial charge in [0.05, 0.1) is 17.8 Å². The first-order chi connectivity index (χ1) is 8.72. The van der Waals surface area contributed by atoms with E-state index in [0.717, 1.165) is 19.4 Å². The van der Waals surface area contributed by atoms with Gasteiger partial charge in [0.2, 0.25) is 0 Å². The molecule has 1 N–H and O–H groups in total. The first kappa shape index (κ1) is 13.6. The van der Waals surface area contributed by atoms with Crippen molar-refractivity contribution in [2.75, 3.05) is 13.7 Å². The number of methoxy groups -OCH3 is 1. The van der Waals surface area contributed by atoms with Gasteiger partial charge in [0.25, 0.3) is 0 Å². The van der Waals surface area contributed by atoms with E-state index in [4.69, 9.17) is 4.74 Å². The monoisotopic (exact) mass is 251 g/mol. The molecule has 1 fully saturated rings. The van der Waals surface area contributed by atoms with Crippen LogP contribution in [0.25, 0.3) is 0 Å². The summed E-state index contributed by atoms with van der Waals surface area (Å²) in [7, 11) is 3.82. The standard InChI is InChI=1S/C14H25N3O/c1-4-15-13(12-10-16-17(2)11-12)14(18-3)8-6-5-7-9-14/h10-11,13,15H,4-9H2,1-3H3. The Balaban J connectivity index is 2.26. The zero-order valence-corrected chi connectivity index (χ0v) is 11.8. The molecule has 1 aromatic heterocycles. The molecule has 1 unspecified atom stereocenters. The van der Waals surface area contributed by atoms with E-state index in [1.54, 1.807) is 0 Å². The zero-order chi connectivity index (χ0) is 13.0. The number of hydrogen-bond acceptors (Lipinski definition) is 3. The second-order valence-corrected chi connectivity index (χ2v) is 5.27. The largest absolute Gasteiger partial charge is 0.376 e. The van der Waals surface area contributed by atoms with Crippen molar-refractivity contribution in [1.82, 2.24) is 15.1 Å². The molecule has 1 saturated carbocycles. The summed E-state index contributed by atoms with van der Waals surface area (Å²) < 4.78 is 7.82. The van der Waals surface area contributed by atoms with Crippen molar-refractivity contribution in [2.24, 2.45) is 7.05 Å². The summed E-state index contributed by atoms with van der Waals surface area (Å²) in [5.74, 6) is 0. The molecule has 1 aromatic rings. The number of rotatable bonds is 5. The van der Waals surface area contributed by atoms with E-state index in [9.17, 15) is 0 Å². The van der Waals surface area contributed by atoms with Crippen molar-refractivity contribution >= 4 is 0 Å². The highest BCUT2D eigenvalue weighted by Gasteiger charge is 2.40. The SMILES string of the molecule is CCNC(c1cnn(C)c1)C1(OC)CCCCC1. The van der Waals surface area contributed by atoms with Gasteiger partial charge >= 0.3 is 0 Å². The van der Waals surface area contributed by atoms with E-state index >= 15 is 0 Å². The Morgan fingerprint density at radius 2 is 2.17 bits per heavy atom. The van der Waals surface area contributed by atoms with Gasteiger partial charge in [-0.15, -0.1) is 0 Å². The van der Waals surface area contributed by atoms with Crippen molar-refractivity contribution in [3.63, 3.8) is 0 Å². The van der Waals surface area contributed by atoms with E-state index in [1.165, 1.54) is 24.8 Å². The molecule has 0 bridgehead atoms. The van der Waals surface area contributed by atoms with Gasteiger partial charge in [0, 0.05) is 25.9 Å². The summed E-state index contributed by atoms with van der Waals surface area (Å²) >= 11 is 0. The maximum atomic E-state index is 5.96. The molecular weight excluding hydrogens is 226 g/mol. The number of aromatic nitrogens is 2. The molecule has 0 saturated heterocycles. The second kappa shape index (κ2) is 5.85. The molecule has 102 valence electrons. The van der Waals surface area contributed by atoms with E-state index in [2.05, 4.69) is 23.5 Å². The van der Waals surface area contributed by atoms with E-state index in [1.807, 2.05) is 25.0 Å². The predicted molar refractivity (Wildman–Crippen MR) is 72.5 cm³/mol. The summed E-state index contributed by atoms with van der Waals surface area (Å²) in [6, 6.07) is 0.251. The highest BCUT2D eigenvalue weighted by atomic mass is 16.5. The van der Waals surface area contributed by atoms with Crippen molar-refractivity contribution in [3.05, 3.63) is 18.0 Å². The first-order valence-corrected chi connectivity index (χ1v) is 6.99. The average molecular weight is 251 g/mol. The maximum absolute atomic E-state index is 5.96. The first-order valence-electron chi connectivity index (χ1n) is 6.99. The molecule has 0 aromatic carbocycles. The highest BCUT2D eigenvalue weighted by molar-refractivity contribution is 5.17. The summed E-state index contributed by atoms with van der Waals surface area (Å²) in [5.41, 5.74) is 1.18. The second-order valence-electron chi connectivity index (χ2n) is 5.27. The fourth-order valence-corrected chi connectivity index (χ4v) is 3.16. The molecule has 1 aliphatic rings. The smallest absolute Gasteiger partial charge is 0.0873 e. The highest BCUT2D eigenvalue weighted by Crippen LogP contribution is 2.40. The lowest BCUT2D eigenvalue weighted by Crippen LogP contribution is -2.46. The van der Waals surface area contributed by atoms with E-state index in [0.29, 0.717) is 0 Å². The van der Waals surface area contributed by atoms with Crippen LogP contribution in [-0.2, 0) is 11.8 Å². The van der Waals surface area contributed by atoms with Crippen LogP contribution in [0.2, 0.25) is 0 Å². The normalized spacial score (nSPS) is 20.8. The topological polar surface area (TPSA) is 39.1 Å². The van der Waals surface area contributed by atoms with Crippen LogP contribution in [0.15, 0.2) is 12.4 Å². The summed E-state index contributed by atoms with van der Waals surface area (Å²) in [5, 5.41) is 7.90. The van der Waals surface area contributed by atoms with E-state index in [-0.39, 0.29) is 11.6 Å². The minimum Gasteiger partial charge on any atom is -0.376 e. The molecule has 1 aliphatic carbocycles. The van der Waals surface area contributed by atoms with Crippen LogP contribution >= 0.6 is 0 Å². The number of aryl methyl sites for hydroxylation is 1. The molecule has 0 radical (unpaired) electrons. The van der Waals surface area contributed by atoms with Crippen LogP contribution in [0.3, 0.4) is 0 Å². The van der Waals surface area contributed by atoms with Gasteiger partial charge in [-0.25, -0.2) is 0 Å². The summed E-state index contributed by atoms with van der Waals surface area (Å²) in [6.07, 6.45) is 10.2. The third-order valence-electron chi connectivity index (χ3n) is 4.10. The number of hydrogen-bond donors (Lipinski definition) is 1. The van der Waals surface area contributed by atoms with Gasteiger partial charge in [-0.2, -0.15) is 5.10 Å². The predicted octanol–water partition coefficient (Wildman–Crippen LogP) is 2.42. The summed E-state index contributed by atoms with van der Waals surface area (Å²) in [4.78, 5) is 0. The van der Waals surface area contributed by atoms with Gasteiger partial charge in [-0.3, -0.25) is 4.68 Å². The Morgan fingerprint density at radius 3 is 2.67 bits per heavy atom. The third-order valence-corrected chi connectivity index (χ3v) is 4.10. The van der Waals surface area contributed by atoms with Crippen LogP contribution in [0, 0.1) is 0 Å². The Hall–Kier alpha value is -0.870. The molecular formula is C14H25N3O. The molecule has 0 amide bonds. The number of likely N-dealkylation sites (N-methyl/N-ethyl adjacent to an activating group) is 1. The maximum Gasteiger partial charge on any atom is 0.0873 e. The van der Waals surface area contributed by atoms with Crippen LogP contribution in [-0.4, -0.2) is 29.0 Å². The van der Waals surface area contributed by atoms with E-state index < -0.39 is 0 Å². The van der Waals surface area contributed by atoms with Crippen LogP contribution in [0.4, 0.5) is 0 Å². The molecule has 0 spiro atoms. The van der Waals surface area contributed by atoms with Crippen molar-refractivity contribution in [1.29, 1.82) is 0 Å².